The molecule has 3 aliphatic rings. The van der Waals surface area contributed by atoms with Crippen molar-refractivity contribution in [2.24, 2.45) is 16.5 Å². The third-order valence-electron chi connectivity index (χ3n) is 6.54. The number of rotatable bonds is 6. The monoisotopic (exact) mass is 383 g/mol. The van der Waals surface area contributed by atoms with Gasteiger partial charge in [0.2, 0.25) is 5.71 Å². The van der Waals surface area contributed by atoms with Crippen LogP contribution in [-0.4, -0.2) is 15.7 Å². The Kier molecular flexibility index (Phi) is 4.33. The molecule has 7 heteroatoms. The first-order valence-electron chi connectivity index (χ1n) is 10.4. The van der Waals surface area contributed by atoms with Crippen molar-refractivity contribution in [1.82, 2.24) is 9.97 Å². The van der Waals surface area contributed by atoms with Crippen LogP contribution in [-0.2, 0) is 6.42 Å². The maximum Gasteiger partial charge on any atom is 0.337 e. The fourth-order valence-corrected chi connectivity index (χ4v) is 4.30. The number of fused-ring (bicyclic) bond motifs is 1. The van der Waals surface area contributed by atoms with E-state index in [1.54, 1.807) is 0 Å². The molecule has 0 aromatic carbocycles. The lowest BCUT2D eigenvalue weighted by atomic mass is 9.85. The molecule has 0 radical (unpaired) electrons. The highest BCUT2D eigenvalue weighted by Gasteiger charge is 2.44. The van der Waals surface area contributed by atoms with E-state index in [4.69, 9.17) is 9.25 Å². The minimum absolute atomic E-state index is 0.0217. The zero-order chi connectivity index (χ0) is 19.1. The van der Waals surface area contributed by atoms with Gasteiger partial charge in [0, 0.05) is 6.07 Å². The van der Waals surface area contributed by atoms with E-state index in [0.717, 1.165) is 50.2 Å². The van der Waals surface area contributed by atoms with Crippen molar-refractivity contribution in [3.05, 3.63) is 32.4 Å². The Morgan fingerprint density at radius 1 is 1.21 bits per heavy atom. The van der Waals surface area contributed by atoms with E-state index in [2.05, 4.69) is 15.1 Å². The smallest absolute Gasteiger partial charge is 0.337 e. The Morgan fingerprint density at radius 3 is 2.71 bits per heavy atom. The Balaban J connectivity index is 1.35. The highest BCUT2D eigenvalue weighted by Crippen LogP contribution is 2.55. The number of hydrogen-bond donors (Lipinski definition) is 1. The van der Waals surface area contributed by atoms with Crippen LogP contribution < -0.4 is 16.0 Å². The average molecular weight is 383 g/mol. The Labute approximate surface area is 162 Å². The van der Waals surface area contributed by atoms with Crippen LogP contribution in [0.3, 0.4) is 0 Å². The van der Waals surface area contributed by atoms with E-state index in [9.17, 15) is 9.59 Å². The molecule has 0 unspecified atom stereocenters. The summed E-state index contributed by atoms with van der Waals surface area (Å²) in [4.78, 5) is 36.7. The molecule has 3 aliphatic carbocycles. The molecule has 0 saturated heterocycles. The topological polar surface area (TPSA) is 97.5 Å². The van der Waals surface area contributed by atoms with Gasteiger partial charge in [0.25, 0.3) is 5.56 Å². The molecule has 2 aromatic rings. The second kappa shape index (κ2) is 6.87. The van der Waals surface area contributed by atoms with Crippen LogP contribution in [0.1, 0.15) is 69.8 Å². The first kappa shape index (κ1) is 17.6. The molecule has 3 fully saturated rings. The molecule has 1 N–H and O–H groups in total. The molecular formula is C21H25N3O4. The molecule has 2 aromatic heterocycles. The summed E-state index contributed by atoms with van der Waals surface area (Å²) in [6.45, 7) is 0. The van der Waals surface area contributed by atoms with E-state index in [1.807, 2.05) is 0 Å². The van der Waals surface area contributed by atoms with Crippen LogP contribution in [0.4, 0.5) is 0 Å². The van der Waals surface area contributed by atoms with Crippen molar-refractivity contribution in [3.8, 4) is 6.01 Å². The molecule has 5 rings (SSSR count). The van der Waals surface area contributed by atoms with Crippen LogP contribution in [0.15, 0.2) is 25.2 Å². The van der Waals surface area contributed by atoms with Gasteiger partial charge in [0.15, 0.2) is 0 Å². The SMILES string of the molecule is O=c1cc(CCCC2CC2)c2c(=O)[nH]c(ON=C3CCC4(CC3)CC4)nc2o1. The van der Waals surface area contributed by atoms with Crippen molar-refractivity contribution in [2.75, 3.05) is 0 Å². The second-order valence-electron chi connectivity index (χ2n) is 8.73. The van der Waals surface area contributed by atoms with Gasteiger partial charge in [-0.2, -0.15) is 4.98 Å². The summed E-state index contributed by atoms with van der Waals surface area (Å²) in [5.74, 6) is 0.816. The molecule has 0 amide bonds. The maximum absolute atomic E-state index is 12.6. The first-order valence-corrected chi connectivity index (χ1v) is 10.4. The fourth-order valence-electron chi connectivity index (χ4n) is 4.30. The molecular weight excluding hydrogens is 358 g/mol. The van der Waals surface area contributed by atoms with Crippen molar-refractivity contribution < 1.29 is 9.25 Å². The lowest BCUT2D eigenvalue weighted by Gasteiger charge is -2.21. The molecule has 0 bridgehead atoms. The van der Waals surface area contributed by atoms with Gasteiger partial charge in [0.1, 0.15) is 5.39 Å². The summed E-state index contributed by atoms with van der Waals surface area (Å²) in [5, 5.41) is 4.52. The van der Waals surface area contributed by atoms with Gasteiger partial charge >= 0.3 is 11.6 Å². The van der Waals surface area contributed by atoms with E-state index >= 15 is 0 Å². The Morgan fingerprint density at radius 2 is 2.00 bits per heavy atom. The number of H-pyrrole nitrogens is 1. The van der Waals surface area contributed by atoms with Crippen molar-refractivity contribution in [2.45, 2.75) is 70.6 Å². The predicted octanol–water partition coefficient (Wildman–Crippen LogP) is 3.70. The maximum atomic E-state index is 12.6. The average Bonchev–Trinajstić information content (AvgIpc) is 3.59. The van der Waals surface area contributed by atoms with E-state index in [1.165, 1.54) is 31.7 Å². The predicted molar refractivity (Wildman–Crippen MR) is 105 cm³/mol. The van der Waals surface area contributed by atoms with E-state index in [0.29, 0.717) is 22.8 Å². The standard InChI is InChI=1S/C21H25N3O4/c25-16-12-14(3-1-2-13-4-5-13)17-18(26)22-20(23-19(17)27-16)28-24-15-6-8-21(9-7-15)10-11-21/h12-13H,1-11H2,(H,22,23,26). The highest BCUT2D eigenvalue weighted by atomic mass is 16.6. The normalized spacial score (nSPS) is 20.5. The van der Waals surface area contributed by atoms with Crippen LogP contribution in [0.25, 0.3) is 11.1 Å². The number of nitrogens with zero attached hydrogens (tertiary/aromatic N) is 2. The highest BCUT2D eigenvalue weighted by molar-refractivity contribution is 5.85. The number of nitrogens with one attached hydrogen (secondary N) is 1. The van der Waals surface area contributed by atoms with E-state index in [-0.39, 0.29) is 17.3 Å². The fraction of sp³-hybridized carbons (Fsp3) is 0.619. The van der Waals surface area contributed by atoms with Crippen LogP contribution >= 0.6 is 0 Å². The second-order valence-corrected chi connectivity index (χ2v) is 8.73. The minimum Gasteiger partial charge on any atom is -0.403 e. The van der Waals surface area contributed by atoms with Crippen molar-refractivity contribution >= 4 is 16.8 Å². The van der Waals surface area contributed by atoms with Crippen molar-refractivity contribution in [1.29, 1.82) is 0 Å². The van der Waals surface area contributed by atoms with Gasteiger partial charge < -0.3 is 9.25 Å². The molecule has 7 nitrogen and oxygen atoms in total. The zero-order valence-corrected chi connectivity index (χ0v) is 16.0. The number of oxime groups is 1. The van der Waals surface area contributed by atoms with Crippen molar-refractivity contribution in [3.63, 3.8) is 0 Å². The Bertz CT molecular complexity index is 1030. The van der Waals surface area contributed by atoms with E-state index < -0.39 is 5.63 Å². The molecule has 3 saturated carbocycles. The Hall–Kier alpha value is -2.44. The summed E-state index contributed by atoms with van der Waals surface area (Å²) in [6.07, 6.45) is 12.2. The first-order chi connectivity index (χ1) is 13.6. The number of aromatic amines is 1. The summed E-state index contributed by atoms with van der Waals surface area (Å²) < 4.78 is 5.18. The molecule has 148 valence electrons. The third kappa shape index (κ3) is 3.75. The largest absolute Gasteiger partial charge is 0.403 e. The van der Waals surface area contributed by atoms with Gasteiger partial charge in [0.05, 0.1) is 5.71 Å². The third-order valence-corrected chi connectivity index (χ3v) is 6.54. The number of hydrogen-bond acceptors (Lipinski definition) is 6. The minimum atomic E-state index is -0.494. The summed E-state index contributed by atoms with van der Waals surface area (Å²) in [5.41, 5.74) is 1.44. The molecule has 28 heavy (non-hydrogen) atoms. The summed E-state index contributed by atoms with van der Waals surface area (Å²) in [7, 11) is 0. The van der Waals surface area contributed by atoms with Gasteiger partial charge in [-0.25, -0.2) is 4.79 Å². The van der Waals surface area contributed by atoms with Gasteiger partial charge in [-0.1, -0.05) is 24.4 Å². The summed E-state index contributed by atoms with van der Waals surface area (Å²) in [6, 6.07) is 1.37. The molecule has 1 spiro atoms. The quantitative estimate of drug-likeness (QED) is 0.767. The van der Waals surface area contributed by atoms with Gasteiger partial charge in [-0.05, 0) is 68.3 Å². The number of aryl methyl sites for hydroxylation is 1. The molecule has 0 atom stereocenters. The molecule has 2 heterocycles. The lowest BCUT2D eigenvalue weighted by molar-refractivity contribution is 0.302. The van der Waals surface area contributed by atoms with Gasteiger partial charge in [-0.15, -0.1) is 0 Å². The van der Waals surface area contributed by atoms with Gasteiger partial charge in [-0.3, -0.25) is 9.78 Å². The zero-order valence-electron chi connectivity index (χ0n) is 16.0. The summed E-state index contributed by atoms with van der Waals surface area (Å²) >= 11 is 0. The lowest BCUT2D eigenvalue weighted by Crippen LogP contribution is -2.17. The van der Waals surface area contributed by atoms with Crippen LogP contribution in [0, 0.1) is 11.3 Å². The number of aromatic nitrogens is 2. The van der Waals surface area contributed by atoms with Crippen LogP contribution in [0.2, 0.25) is 0 Å². The molecule has 0 aliphatic heterocycles. The van der Waals surface area contributed by atoms with Crippen LogP contribution in [0.5, 0.6) is 6.01 Å².